The van der Waals surface area contributed by atoms with Gasteiger partial charge in [0.15, 0.2) is 0 Å². The first kappa shape index (κ1) is 19.5. The molecule has 138 valence electrons. The van der Waals surface area contributed by atoms with Crippen molar-refractivity contribution < 1.29 is 19.4 Å². The molecule has 0 aliphatic rings. The minimum Gasteiger partial charge on any atom is -0.496 e. The zero-order valence-electron chi connectivity index (χ0n) is 15.2. The van der Waals surface area contributed by atoms with Gasteiger partial charge in [-0.15, -0.1) is 0 Å². The van der Waals surface area contributed by atoms with Gasteiger partial charge in [0.25, 0.3) is 0 Å². The first-order chi connectivity index (χ1) is 12.5. The number of amides is 1. The number of rotatable bonds is 9. The number of aryl methyl sites for hydroxylation is 1. The maximum atomic E-state index is 12.2. The highest BCUT2D eigenvalue weighted by molar-refractivity contribution is 5.90. The standard InChI is InChI=1S/C21H25NO4/c1-15(13-17-5-3-4-6-19(17)26-2)14-20(23)22-18-10-7-16(8-11-18)9-12-21(24)25/h3-8,10-11,15H,9,12-14H2,1-2H3,(H,22,23)(H,24,25). The van der Waals surface area contributed by atoms with Crippen LogP contribution >= 0.6 is 0 Å². The fourth-order valence-electron chi connectivity index (χ4n) is 2.85. The van der Waals surface area contributed by atoms with Crippen LogP contribution in [0.25, 0.3) is 0 Å². The van der Waals surface area contributed by atoms with Gasteiger partial charge in [-0.05, 0) is 48.1 Å². The van der Waals surface area contributed by atoms with E-state index in [9.17, 15) is 9.59 Å². The molecule has 5 nitrogen and oxygen atoms in total. The number of carboxylic acids is 1. The SMILES string of the molecule is COc1ccccc1CC(C)CC(=O)Nc1ccc(CCC(=O)O)cc1. The van der Waals surface area contributed by atoms with Crippen LogP contribution in [0.2, 0.25) is 0 Å². The van der Waals surface area contributed by atoms with E-state index in [-0.39, 0.29) is 18.2 Å². The molecule has 0 spiro atoms. The highest BCUT2D eigenvalue weighted by Crippen LogP contribution is 2.22. The Kier molecular flexibility index (Phi) is 7.21. The Balaban J connectivity index is 1.84. The molecule has 0 aliphatic carbocycles. The number of carboxylic acid groups (broad SMARTS) is 1. The summed E-state index contributed by atoms with van der Waals surface area (Å²) >= 11 is 0. The van der Waals surface area contributed by atoms with Gasteiger partial charge in [0.1, 0.15) is 5.75 Å². The van der Waals surface area contributed by atoms with Crippen LogP contribution in [0.4, 0.5) is 5.69 Å². The van der Waals surface area contributed by atoms with Gasteiger partial charge in [-0.2, -0.15) is 0 Å². The summed E-state index contributed by atoms with van der Waals surface area (Å²) in [4.78, 5) is 22.8. The molecule has 2 aromatic carbocycles. The summed E-state index contributed by atoms with van der Waals surface area (Å²) in [6.45, 7) is 2.04. The van der Waals surface area contributed by atoms with Crippen molar-refractivity contribution in [3.8, 4) is 5.75 Å². The number of hydrogen-bond acceptors (Lipinski definition) is 3. The minimum atomic E-state index is -0.814. The number of aliphatic carboxylic acids is 1. The third kappa shape index (κ3) is 6.24. The molecule has 2 N–H and O–H groups in total. The van der Waals surface area contributed by atoms with Crippen LogP contribution in [0.3, 0.4) is 0 Å². The molecule has 0 bridgehead atoms. The smallest absolute Gasteiger partial charge is 0.303 e. The summed E-state index contributed by atoms with van der Waals surface area (Å²) in [5, 5.41) is 11.6. The zero-order chi connectivity index (χ0) is 18.9. The lowest BCUT2D eigenvalue weighted by molar-refractivity contribution is -0.137. The van der Waals surface area contributed by atoms with E-state index in [4.69, 9.17) is 9.84 Å². The maximum absolute atomic E-state index is 12.2. The quantitative estimate of drug-likeness (QED) is 0.715. The number of anilines is 1. The lowest BCUT2D eigenvalue weighted by Gasteiger charge is -2.14. The molecule has 0 aromatic heterocycles. The topological polar surface area (TPSA) is 75.6 Å². The van der Waals surface area contributed by atoms with E-state index >= 15 is 0 Å². The Bertz CT molecular complexity index is 740. The predicted octanol–water partition coefficient (Wildman–Crippen LogP) is 3.92. The van der Waals surface area contributed by atoms with Crippen LogP contribution in [0.15, 0.2) is 48.5 Å². The number of ether oxygens (including phenoxy) is 1. The van der Waals surface area contributed by atoms with Gasteiger partial charge in [0.05, 0.1) is 7.11 Å². The van der Waals surface area contributed by atoms with Crippen molar-refractivity contribution in [1.29, 1.82) is 0 Å². The minimum absolute atomic E-state index is 0.0364. The van der Waals surface area contributed by atoms with Crippen LogP contribution in [-0.2, 0) is 22.4 Å². The Morgan fingerprint density at radius 3 is 2.46 bits per heavy atom. The molecular formula is C21H25NO4. The average Bonchev–Trinajstić information content (AvgIpc) is 2.61. The third-order valence-corrected chi connectivity index (χ3v) is 4.16. The van der Waals surface area contributed by atoms with Crippen LogP contribution in [-0.4, -0.2) is 24.1 Å². The largest absolute Gasteiger partial charge is 0.496 e. The van der Waals surface area contributed by atoms with Gasteiger partial charge >= 0.3 is 5.97 Å². The second kappa shape index (κ2) is 9.61. The number of carbonyl (C=O) groups is 2. The van der Waals surface area contributed by atoms with Crippen LogP contribution < -0.4 is 10.1 Å². The molecule has 1 amide bonds. The van der Waals surface area contributed by atoms with Crippen LogP contribution in [0.1, 0.15) is 30.9 Å². The Hall–Kier alpha value is -2.82. The summed E-state index contributed by atoms with van der Waals surface area (Å²) < 4.78 is 5.36. The first-order valence-corrected chi connectivity index (χ1v) is 8.70. The molecule has 0 aliphatic heterocycles. The molecule has 0 radical (unpaired) electrons. The number of benzene rings is 2. The van der Waals surface area contributed by atoms with Gasteiger partial charge < -0.3 is 15.2 Å². The van der Waals surface area contributed by atoms with Crippen molar-refractivity contribution >= 4 is 17.6 Å². The Morgan fingerprint density at radius 1 is 1.12 bits per heavy atom. The van der Waals surface area contributed by atoms with Gasteiger partial charge in [0, 0.05) is 18.5 Å². The van der Waals surface area contributed by atoms with E-state index in [1.54, 1.807) is 19.2 Å². The summed E-state index contributed by atoms with van der Waals surface area (Å²) in [7, 11) is 1.65. The monoisotopic (exact) mass is 355 g/mol. The molecule has 26 heavy (non-hydrogen) atoms. The van der Waals surface area contributed by atoms with Crippen molar-refractivity contribution in [2.45, 2.75) is 32.6 Å². The first-order valence-electron chi connectivity index (χ1n) is 8.70. The molecule has 2 aromatic rings. The Morgan fingerprint density at radius 2 is 1.81 bits per heavy atom. The van der Waals surface area contributed by atoms with Gasteiger partial charge in [0.2, 0.25) is 5.91 Å². The van der Waals surface area contributed by atoms with Crippen molar-refractivity contribution in [2.24, 2.45) is 5.92 Å². The van der Waals surface area contributed by atoms with E-state index in [2.05, 4.69) is 5.32 Å². The van der Waals surface area contributed by atoms with Crippen molar-refractivity contribution in [3.05, 3.63) is 59.7 Å². The highest BCUT2D eigenvalue weighted by Gasteiger charge is 2.12. The van der Waals surface area contributed by atoms with Crippen molar-refractivity contribution in [1.82, 2.24) is 0 Å². The highest BCUT2D eigenvalue weighted by atomic mass is 16.5. The summed E-state index contributed by atoms with van der Waals surface area (Å²) in [6.07, 6.45) is 1.77. The molecule has 1 atom stereocenters. The molecule has 1 unspecified atom stereocenters. The number of nitrogens with one attached hydrogen (secondary N) is 1. The van der Waals surface area contributed by atoms with Gasteiger partial charge in [-0.3, -0.25) is 9.59 Å². The molecule has 0 heterocycles. The molecule has 5 heteroatoms. The van der Waals surface area contributed by atoms with E-state index in [1.165, 1.54) is 0 Å². The number of methoxy groups -OCH3 is 1. The van der Waals surface area contributed by atoms with Gasteiger partial charge in [-0.1, -0.05) is 37.3 Å². The lowest BCUT2D eigenvalue weighted by atomic mass is 9.97. The van der Waals surface area contributed by atoms with E-state index in [1.807, 2.05) is 43.3 Å². The summed E-state index contributed by atoms with van der Waals surface area (Å²) in [5.41, 5.74) is 2.76. The second-order valence-corrected chi connectivity index (χ2v) is 6.46. The predicted molar refractivity (Wildman–Crippen MR) is 102 cm³/mol. The Labute approximate surface area is 154 Å². The van der Waals surface area contributed by atoms with E-state index < -0.39 is 5.97 Å². The number of carbonyl (C=O) groups excluding carboxylic acids is 1. The maximum Gasteiger partial charge on any atom is 0.303 e. The van der Waals surface area contributed by atoms with Gasteiger partial charge in [-0.25, -0.2) is 0 Å². The van der Waals surface area contributed by atoms with Crippen LogP contribution in [0.5, 0.6) is 5.75 Å². The molecule has 2 rings (SSSR count). The molecular weight excluding hydrogens is 330 g/mol. The summed E-state index contributed by atoms with van der Waals surface area (Å²) in [6, 6.07) is 15.1. The summed E-state index contributed by atoms with van der Waals surface area (Å²) in [5.74, 6) is 0.176. The third-order valence-electron chi connectivity index (χ3n) is 4.16. The van der Waals surface area contributed by atoms with Crippen LogP contribution in [0, 0.1) is 5.92 Å². The number of hydrogen-bond donors (Lipinski definition) is 2. The second-order valence-electron chi connectivity index (χ2n) is 6.46. The normalized spacial score (nSPS) is 11.6. The van der Waals surface area contributed by atoms with Crippen molar-refractivity contribution in [3.63, 3.8) is 0 Å². The zero-order valence-corrected chi connectivity index (χ0v) is 15.2. The fourth-order valence-corrected chi connectivity index (χ4v) is 2.85. The fraction of sp³-hybridized carbons (Fsp3) is 0.333. The molecule has 0 saturated heterocycles. The molecule has 0 saturated carbocycles. The molecule has 0 fully saturated rings. The number of para-hydroxylation sites is 1. The van der Waals surface area contributed by atoms with Crippen molar-refractivity contribution in [2.75, 3.05) is 12.4 Å². The van der Waals surface area contributed by atoms with E-state index in [0.29, 0.717) is 12.8 Å². The lowest BCUT2D eigenvalue weighted by Crippen LogP contribution is -2.16. The van der Waals surface area contributed by atoms with E-state index in [0.717, 1.165) is 29.0 Å². The average molecular weight is 355 g/mol.